The zero-order chi connectivity index (χ0) is 14.7. The van der Waals surface area contributed by atoms with E-state index in [0.717, 1.165) is 29.6 Å². The summed E-state index contributed by atoms with van der Waals surface area (Å²) in [5, 5.41) is 3.55. The number of nitrogens with one attached hydrogen (secondary N) is 1. The molecule has 0 amide bonds. The average molecular weight is 283 g/mol. The van der Waals surface area contributed by atoms with Crippen LogP contribution in [0.5, 0.6) is 11.5 Å². The van der Waals surface area contributed by atoms with Gasteiger partial charge in [-0.3, -0.25) is 0 Å². The lowest BCUT2D eigenvalue weighted by Gasteiger charge is -2.12. The lowest BCUT2D eigenvalue weighted by molar-refractivity contribution is 0.395. The van der Waals surface area contributed by atoms with Gasteiger partial charge in [0.25, 0.3) is 0 Å². The van der Waals surface area contributed by atoms with Crippen LogP contribution in [-0.4, -0.2) is 20.3 Å². The predicted molar refractivity (Wildman–Crippen MR) is 84.8 cm³/mol. The van der Waals surface area contributed by atoms with Crippen molar-refractivity contribution in [2.75, 3.05) is 14.2 Å². The topological polar surface area (TPSA) is 30.5 Å². The molecule has 3 rings (SSSR count). The summed E-state index contributed by atoms with van der Waals surface area (Å²) >= 11 is 0. The zero-order valence-electron chi connectivity index (χ0n) is 12.6. The molecule has 1 aliphatic carbocycles. The van der Waals surface area contributed by atoms with Gasteiger partial charge in [-0.25, -0.2) is 0 Å². The van der Waals surface area contributed by atoms with Crippen LogP contribution in [0.15, 0.2) is 42.5 Å². The van der Waals surface area contributed by atoms with Crippen molar-refractivity contribution < 1.29 is 9.47 Å². The van der Waals surface area contributed by atoms with Crippen molar-refractivity contribution in [3.8, 4) is 22.6 Å². The van der Waals surface area contributed by atoms with Gasteiger partial charge >= 0.3 is 0 Å². The molecular formula is C18H21NO2. The summed E-state index contributed by atoms with van der Waals surface area (Å²) in [5.74, 6) is 1.64. The van der Waals surface area contributed by atoms with E-state index in [2.05, 4.69) is 29.6 Å². The van der Waals surface area contributed by atoms with E-state index in [9.17, 15) is 0 Å². The SMILES string of the molecule is COc1ccc(-c2cccc(CNC3CC3)c2)c(OC)c1. The van der Waals surface area contributed by atoms with Gasteiger partial charge < -0.3 is 14.8 Å². The Kier molecular flexibility index (Phi) is 4.11. The van der Waals surface area contributed by atoms with Crippen LogP contribution < -0.4 is 14.8 Å². The van der Waals surface area contributed by atoms with Crippen LogP contribution in [0, 0.1) is 0 Å². The molecule has 0 aromatic heterocycles. The summed E-state index contributed by atoms with van der Waals surface area (Å²) in [6, 6.07) is 15.3. The highest BCUT2D eigenvalue weighted by molar-refractivity contribution is 5.72. The van der Waals surface area contributed by atoms with Crippen LogP contribution in [0.25, 0.3) is 11.1 Å². The van der Waals surface area contributed by atoms with Gasteiger partial charge in [-0.1, -0.05) is 18.2 Å². The van der Waals surface area contributed by atoms with Crippen LogP contribution >= 0.6 is 0 Å². The molecule has 3 heteroatoms. The van der Waals surface area contributed by atoms with E-state index in [0.29, 0.717) is 0 Å². The molecule has 1 fully saturated rings. The summed E-state index contributed by atoms with van der Waals surface area (Å²) in [4.78, 5) is 0. The minimum absolute atomic E-state index is 0.726. The quantitative estimate of drug-likeness (QED) is 0.878. The second-order valence-corrected chi connectivity index (χ2v) is 5.42. The second kappa shape index (κ2) is 6.19. The highest BCUT2D eigenvalue weighted by Crippen LogP contribution is 2.33. The van der Waals surface area contributed by atoms with Gasteiger partial charge in [-0.2, -0.15) is 0 Å². The minimum atomic E-state index is 0.726. The average Bonchev–Trinajstić information content (AvgIpc) is 3.37. The molecule has 2 aromatic rings. The molecule has 110 valence electrons. The Morgan fingerprint density at radius 1 is 1.05 bits per heavy atom. The van der Waals surface area contributed by atoms with E-state index in [1.54, 1.807) is 14.2 Å². The van der Waals surface area contributed by atoms with Crippen molar-refractivity contribution in [2.24, 2.45) is 0 Å². The van der Waals surface area contributed by atoms with Crippen LogP contribution in [0.2, 0.25) is 0 Å². The molecule has 0 bridgehead atoms. The third kappa shape index (κ3) is 3.37. The van der Waals surface area contributed by atoms with E-state index in [4.69, 9.17) is 9.47 Å². The van der Waals surface area contributed by atoms with Crippen molar-refractivity contribution in [3.05, 3.63) is 48.0 Å². The van der Waals surface area contributed by atoms with Crippen LogP contribution in [0.1, 0.15) is 18.4 Å². The number of ether oxygens (including phenoxy) is 2. The normalized spacial score (nSPS) is 14.0. The Labute approximate surface area is 125 Å². The predicted octanol–water partition coefficient (Wildman–Crippen LogP) is 3.62. The molecule has 21 heavy (non-hydrogen) atoms. The standard InChI is InChI=1S/C18H21NO2/c1-20-16-8-9-17(18(11-16)21-2)14-5-3-4-13(10-14)12-19-15-6-7-15/h3-5,8-11,15,19H,6-7,12H2,1-2H3. The fourth-order valence-corrected chi connectivity index (χ4v) is 2.44. The van der Waals surface area contributed by atoms with Gasteiger partial charge in [-0.15, -0.1) is 0 Å². The highest BCUT2D eigenvalue weighted by atomic mass is 16.5. The molecule has 0 spiro atoms. The summed E-state index contributed by atoms with van der Waals surface area (Å²) < 4.78 is 10.7. The van der Waals surface area contributed by atoms with Gasteiger partial charge in [0.05, 0.1) is 14.2 Å². The molecule has 0 unspecified atom stereocenters. The Morgan fingerprint density at radius 2 is 1.90 bits per heavy atom. The molecule has 3 nitrogen and oxygen atoms in total. The van der Waals surface area contributed by atoms with E-state index in [1.165, 1.54) is 24.0 Å². The van der Waals surface area contributed by atoms with Crippen LogP contribution in [-0.2, 0) is 6.54 Å². The summed E-state index contributed by atoms with van der Waals surface area (Å²) in [6.07, 6.45) is 2.62. The molecule has 0 atom stereocenters. The zero-order valence-corrected chi connectivity index (χ0v) is 12.6. The number of hydrogen-bond acceptors (Lipinski definition) is 3. The van der Waals surface area contributed by atoms with Crippen molar-refractivity contribution in [1.82, 2.24) is 5.32 Å². The maximum absolute atomic E-state index is 5.49. The third-order valence-corrected chi connectivity index (χ3v) is 3.82. The van der Waals surface area contributed by atoms with Crippen molar-refractivity contribution in [3.63, 3.8) is 0 Å². The molecule has 2 aromatic carbocycles. The molecule has 0 saturated heterocycles. The fraction of sp³-hybridized carbons (Fsp3) is 0.333. The first-order valence-electron chi connectivity index (χ1n) is 7.35. The van der Waals surface area contributed by atoms with Crippen molar-refractivity contribution >= 4 is 0 Å². The summed E-state index contributed by atoms with van der Waals surface area (Å²) in [7, 11) is 3.36. The van der Waals surface area contributed by atoms with Crippen LogP contribution in [0.4, 0.5) is 0 Å². The lowest BCUT2D eigenvalue weighted by atomic mass is 10.0. The monoisotopic (exact) mass is 283 g/mol. The lowest BCUT2D eigenvalue weighted by Crippen LogP contribution is -2.15. The van der Waals surface area contributed by atoms with Gasteiger partial charge in [0.1, 0.15) is 11.5 Å². The van der Waals surface area contributed by atoms with Crippen LogP contribution in [0.3, 0.4) is 0 Å². The van der Waals surface area contributed by atoms with Crippen molar-refractivity contribution in [1.29, 1.82) is 0 Å². The smallest absolute Gasteiger partial charge is 0.130 e. The molecular weight excluding hydrogens is 262 g/mol. The molecule has 0 radical (unpaired) electrons. The Hall–Kier alpha value is -2.00. The van der Waals surface area contributed by atoms with E-state index in [1.807, 2.05) is 18.2 Å². The van der Waals surface area contributed by atoms with E-state index in [-0.39, 0.29) is 0 Å². The maximum Gasteiger partial charge on any atom is 0.130 e. The van der Waals surface area contributed by atoms with Gasteiger partial charge in [0, 0.05) is 24.2 Å². The minimum Gasteiger partial charge on any atom is -0.497 e. The number of methoxy groups -OCH3 is 2. The summed E-state index contributed by atoms with van der Waals surface area (Å²) in [5.41, 5.74) is 3.56. The number of rotatable bonds is 6. The first-order valence-corrected chi connectivity index (χ1v) is 7.35. The molecule has 1 saturated carbocycles. The second-order valence-electron chi connectivity index (χ2n) is 5.42. The molecule has 1 aliphatic rings. The third-order valence-electron chi connectivity index (χ3n) is 3.82. The summed E-state index contributed by atoms with van der Waals surface area (Å²) in [6.45, 7) is 0.928. The first-order chi connectivity index (χ1) is 10.3. The van der Waals surface area contributed by atoms with Crippen molar-refractivity contribution in [2.45, 2.75) is 25.4 Å². The Morgan fingerprint density at radius 3 is 2.62 bits per heavy atom. The number of benzene rings is 2. The van der Waals surface area contributed by atoms with Gasteiger partial charge in [-0.05, 0) is 42.2 Å². The van der Waals surface area contributed by atoms with E-state index < -0.39 is 0 Å². The van der Waals surface area contributed by atoms with Gasteiger partial charge in [0.15, 0.2) is 0 Å². The number of hydrogen-bond donors (Lipinski definition) is 1. The Balaban J connectivity index is 1.86. The highest BCUT2D eigenvalue weighted by Gasteiger charge is 2.20. The maximum atomic E-state index is 5.49. The van der Waals surface area contributed by atoms with E-state index >= 15 is 0 Å². The first kappa shape index (κ1) is 14.0. The fourth-order valence-electron chi connectivity index (χ4n) is 2.44. The largest absolute Gasteiger partial charge is 0.497 e. The molecule has 0 heterocycles. The molecule has 1 N–H and O–H groups in total. The Bertz CT molecular complexity index is 620. The molecule has 0 aliphatic heterocycles. The van der Waals surface area contributed by atoms with Gasteiger partial charge in [0.2, 0.25) is 0 Å².